The number of esters is 1. The van der Waals surface area contributed by atoms with E-state index in [1.165, 1.54) is 12.8 Å². The molecule has 0 amide bonds. The third-order valence-corrected chi connectivity index (χ3v) is 3.20. The average molecular weight is 168 g/mol. The summed E-state index contributed by atoms with van der Waals surface area (Å²) in [6.45, 7) is 4.28. The zero-order valence-electron chi connectivity index (χ0n) is 7.75. The molecular weight excluding hydrogens is 152 g/mol. The second kappa shape index (κ2) is 2.75. The molecule has 0 aromatic carbocycles. The minimum Gasteiger partial charge on any atom is -0.462 e. The molecule has 1 saturated heterocycles. The fourth-order valence-electron chi connectivity index (χ4n) is 2.61. The van der Waals surface area contributed by atoms with Crippen molar-refractivity contribution in [2.75, 3.05) is 0 Å². The van der Waals surface area contributed by atoms with Gasteiger partial charge in [-0.1, -0.05) is 20.3 Å². The van der Waals surface area contributed by atoms with E-state index >= 15 is 0 Å². The normalized spacial score (nSPS) is 40.2. The Balaban J connectivity index is 2.14. The van der Waals surface area contributed by atoms with Crippen molar-refractivity contribution in [2.24, 2.45) is 17.8 Å². The van der Waals surface area contributed by atoms with Crippen LogP contribution in [0.4, 0.5) is 0 Å². The summed E-state index contributed by atoms with van der Waals surface area (Å²) in [4.78, 5) is 11.3. The van der Waals surface area contributed by atoms with Crippen LogP contribution >= 0.6 is 0 Å². The van der Waals surface area contributed by atoms with Crippen molar-refractivity contribution >= 4 is 5.97 Å². The zero-order valence-corrected chi connectivity index (χ0v) is 7.75. The first-order chi connectivity index (χ1) is 5.70. The molecule has 2 fully saturated rings. The maximum atomic E-state index is 11.3. The Hall–Kier alpha value is -0.530. The van der Waals surface area contributed by atoms with Crippen molar-refractivity contribution < 1.29 is 9.53 Å². The van der Waals surface area contributed by atoms with Gasteiger partial charge in [0.1, 0.15) is 6.10 Å². The highest BCUT2D eigenvalue weighted by molar-refractivity contribution is 5.75. The molecule has 0 aromatic heterocycles. The quantitative estimate of drug-likeness (QED) is 0.560. The predicted octanol–water partition coefficient (Wildman–Crippen LogP) is 1.98. The van der Waals surface area contributed by atoms with Gasteiger partial charge in [0, 0.05) is 5.92 Å². The van der Waals surface area contributed by atoms with Gasteiger partial charge in [0.15, 0.2) is 0 Å². The Morgan fingerprint density at radius 3 is 2.83 bits per heavy atom. The van der Waals surface area contributed by atoms with Crippen molar-refractivity contribution in [1.29, 1.82) is 0 Å². The molecule has 1 heterocycles. The third-order valence-electron chi connectivity index (χ3n) is 3.20. The summed E-state index contributed by atoms with van der Waals surface area (Å²) < 4.78 is 5.35. The number of hydrogen-bond donors (Lipinski definition) is 0. The third kappa shape index (κ3) is 1.05. The lowest BCUT2D eigenvalue weighted by atomic mass is 9.88. The maximum Gasteiger partial charge on any atom is 0.309 e. The molecule has 12 heavy (non-hydrogen) atoms. The topological polar surface area (TPSA) is 26.3 Å². The zero-order chi connectivity index (χ0) is 8.72. The van der Waals surface area contributed by atoms with Crippen molar-refractivity contribution in [3.63, 3.8) is 0 Å². The minimum absolute atomic E-state index is 0.0659. The van der Waals surface area contributed by atoms with Gasteiger partial charge in [0.05, 0.1) is 5.92 Å². The van der Waals surface area contributed by atoms with Crippen LogP contribution in [-0.2, 0) is 9.53 Å². The van der Waals surface area contributed by atoms with Gasteiger partial charge in [-0.25, -0.2) is 0 Å². The van der Waals surface area contributed by atoms with Crippen molar-refractivity contribution in [3.8, 4) is 0 Å². The second-order valence-corrected chi connectivity index (χ2v) is 4.35. The van der Waals surface area contributed by atoms with E-state index in [4.69, 9.17) is 4.74 Å². The summed E-state index contributed by atoms with van der Waals surface area (Å²) in [5, 5.41) is 0. The first kappa shape index (κ1) is 8.09. The lowest BCUT2D eigenvalue weighted by Gasteiger charge is -2.19. The lowest BCUT2D eigenvalue weighted by Crippen LogP contribution is -2.22. The molecule has 0 radical (unpaired) electrons. The fourth-order valence-corrected chi connectivity index (χ4v) is 2.61. The summed E-state index contributed by atoms with van der Waals surface area (Å²) in [5.74, 6) is 1.34. The molecule has 2 rings (SSSR count). The molecule has 0 bridgehead atoms. The van der Waals surface area contributed by atoms with Crippen LogP contribution in [0.15, 0.2) is 0 Å². The number of cyclic esters (lactones) is 1. The van der Waals surface area contributed by atoms with Crippen LogP contribution < -0.4 is 0 Å². The standard InChI is InChI=1S/C10H16O2/c1-6(2)9-7-4-3-5-8(7)10(11)12-9/h6-9H,3-5H2,1-2H3/t7-,8+,9+/m0/s1. The van der Waals surface area contributed by atoms with Crippen molar-refractivity contribution in [2.45, 2.75) is 39.2 Å². The summed E-state index contributed by atoms with van der Waals surface area (Å²) >= 11 is 0. The Morgan fingerprint density at radius 1 is 1.42 bits per heavy atom. The monoisotopic (exact) mass is 168 g/mol. The van der Waals surface area contributed by atoms with Crippen LogP contribution in [0.5, 0.6) is 0 Å². The summed E-state index contributed by atoms with van der Waals surface area (Å²) in [5.41, 5.74) is 0. The van der Waals surface area contributed by atoms with Gasteiger partial charge >= 0.3 is 5.97 Å². The number of carbonyl (C=O) groups is 1. The van der Waals surface area contributed by atoms with E-state index in [1.807, 2.05) is 0 Å². The highest BCUT2D eigenvalue weighted by atomic mass is 16.6. The number of rotatable bonds is 1. The van der Waals surface area contributed by atoms with Crippen LogP contribution in [0.25, 0.3) is 0 Å². The van der Waals surface area contributed by atoms with E-state index in [0.717, 1.165) is 6.42 Å². The number of carbonyl (C=O) groups excluding carboxylic acids is 1. The van der Waals surface area contributed by atoms with E-state index in [9.17, 15) is 4.79 Å². The van der Waals surface area contributed by atoms with E-state index in [2.05, 4.69) is 13.8 Å². The van der Waals surface area contributed by atoms with Gasteiger partial charge in [-0.15, -0.1) is 0 Å². The predicted molar refractivity (Wildman–Crippen MR) is 45.5 cm³/mol. The first-order valence-electron chi connectivity index (χ1n) is 4.90. The molecule has 0 aromatic rings. The Labute approximate surface area is 73.3 Å². The van der Waals surface area contributed by atoms with Crippen molar-refractivity contribution in [1.82, 2.24) is 0 Å². The van der Waals surface area contributed by atoms with Crippen LogP contribution in [0.3, 0.4) is 0 Å². The van der Waals surface area contributed by atoms with E-state index < -0.39 is 0 Å². The number of fused-ring (bicyclic) bond motifs is 1. The minimum atomic E-state index is 0.0659. The summed E-state index contributed by atoms with van der Waals surface area (Å²) in [7, 11) is 0. The molecule has 2 heteroatoms. The highest BCUT2D eigenvalue weighted by Crippen LogP contribution is 2.43. The molecule has 1 aliphatic carbocycles. The largest absolute Gasteiger partial charge is 0.462 e. The molecular formula is C10H16O2. The molecule has 0 unspecified atom stereocenters. The molecule has 2 aliphatic rings. The molecule has 3 atom stereocenters. The highest BCUT2D eigenvalue weighted by Gasteiger charge is 2.47. The molecule has 0 N–H and O–H groups in total. The van der Waals surface area contributed by atoms with Crippen LogP contribution in [-0.4, -0.2) is 12.1 Å². The average Bonchev–Trinajstić information content (AvgIpc) is 2.53. The van der Waals surface area contributed by atoms with Gasteiger partial charge in [-0.3, -0.25) is 4.79 Å². The van der Waals surface area contributed by atoms with Crippen LogP contribution in [0.2, 0.25) is 0 Å². The maximum absolute atomic E-state index is 11.3. The van der Waals surface area contributed by atoms with E-state index in [0.29, 0.717) is 11.8 Å². The van der Waals surface area contributed by atoms with Gasteiger partial charge in [-0.2, -0.15) is 0 Å². The molecule has 0 spiro atoms. The van der Waals surface area contributed by atoms with Gasteiger partial charge in [0.2, 0.25) is 0 Å². The molecule has 1 saturated carbocycles. The smallest absolute Gasteiger partial charge is 0.309 e. The summed E-state index contributed by atoms with van der Waals surface area (Å²) in [6.07, 6.45) is 3.68. The fraction of sp³-hybridized carbons (Fsp3) is 0.900. The molecule has 68 valence electrons. The van der Waals surface area contributed by atoms with Crippen molar-refractivity contribution in [3.05, 3.63) is 0 Å². The second-order valence-electron chi connectivity index (χ2n) is 4.35. The SMILES string of the molecule is CC(C)[C@H]1OC(=O)[C@@H]2CCC[C@H]12. The van der Waals surface area contributed by atoms with Gasteiger partial charge < -0.3 is 4.74 Å². The Kier molecular flexibility index (Phi) is 1.85. The number of hydrogen-bond acceptors (Lipinski definition) is 2. The molecule has 1 aliphatic heterocycles. The van der Waals surface area contributed by atoms with Crippen LogP contribution in [0.1, 0.15) is 33.1 Å². The van der Waals surface area contributed by atoms with Crippen LogP contribution in [0, 0.1) is 17.8 Å². The first-order valence-corrected chi connectivity index (χ1v) is 4.90. The lowest BCUT2D eigenvalue weighted by molar-refractivity contribution is -0.145. The summed E-state index contributed by atoms with van der Waals surface area (Å²) in [6, 6.07) is 0. The Bertz CT molecular complexity index is 198. The Morgan fingerprint density at radius 2 is 2.17 bits per heavy atom. The van der Waals surface area contributed by atoms with E-state index in [-0.39, 0.29) is 18.0 Å². The molecule has 2 nitrogen and oxygen atoms in total. The van der Waals surface area contributed by atoms with Gasteiger partial charge in [0.25, 0.3) is 0 Å². The van der Waals surface area contributed by atoms with Gasteiger partial charge in [-0.05, 0) is 18.8 Å². The number of ether oxygens (including phenoxy) is 1. The van der Waals surface area contributed by atoms with E-state index in [1.54, 1.807) is 0 Å².